The number of carbonyl (C=O) groups is 1. The molecule has 0 aromatic carbocycles. The van der Waals surface area contributed by atoms with Crippen LogP contribution in [0.25, 0.3) is 0 Å². The number of rotatable bonds is 3. The van der Waals surface area contributed by atoms with Crippen molar-refractivity contribution in [1.82, 2.24) is 0 Å². The largest absolute Gasteiger partial charge is 0.292 e. The number of hydrogen-bond acceptors (Lipinski definition) is 2. The Kier molecular flexibility index (Phi) is 3.27. The van der Waals surface area contributed by atoms with E-state index in [1.165, 1.54) is 11.3 Å². The molecule has 1 aromatic heterocycles. The fraction of sp³-hybridized carbons (Fsp3) is 0.375. The fourth-order valence-electron chi connectivity index (χ4n) is 0.759. The van der Waals surface area contributed by atoms with Crippen LogP contribution in [0.2, 0.25) is 0 Å². The van der Waals surface area contributed by atoms with Gasteiger partial charge >= 0.3 is 0 Å². The molecule has 0 bridgehead atoms. The Balaban J connectivity index is 2.70. The number of alkyl halides is 1. The van der Waals surface area contributed by atoms with Crippen molar-refractivity contribution in [2.45, 2.75) is 18.2 Å². The van der Waals surface area contributed by atoms with Crippen LogP contribution in [0, 0.1) is 0 Å². The van der Waals surface area contributed by atoms with Crippen LogP contribution in [0.3, 0.4) is 0 Å². The highest BCUT2D eigenvalue weighted by Crippen LogP contribution is 2.17. The van der Waals surface area contributed by atoms with Gasteiger partial charge in [-0.05, 0) is 17.9 Å². The summed E-state index contributed by atoms with van der Waals surface area (Å²) in [4.78, 5) is 12.2. The molecule has 0 saturated carbocycles. The predicted octanol–water partition coefficient (Wildman–Crippen LogP) is 3.10. The number of Topliss-reactive ketones (excluding diaryl/α,β-unsaturated/α-hetero) is 1. The average molecular weight is 233 g/mol. The first kappa shape index (κ1) is 8.94. The third kappa shape index (κ3) is 2.14. The van der Waals surface area contributed by atoms with Gasteiger partial charge in [0.1, 0.15) is 0 Å². The minimum atomic E-state index is -0.0128. The summed E-state index contributed by atoms with van der Waals surface area (Å²) >= 11 is 4.82. The highest BCUT2D eigenvalue weighted by atomic mass is 79.9. The highest BCUT2D eigenvalue weighted by molar-refractivity contribution is 9.10. The first-order valence-corrected chi connectivity index (χ1v) is 5.27. The molecule has 0 amide bonds. The maximum absolute atomic E-state index is 11.4. The lowest BCUT2D eigenvalue weighted by Gasteiger charge is -2.01. The van der Waals surface area contributed by atoms with E-state index in [4.69, 9.17) is 0 Å². The van der Waals surface area contributed by atoms with E-state index in [0.29, 0.717) is 0 Å². The van der Waals surface area contributed by atoms with Gasteiger partial charge in [0, 0.05) is 0 Å². The number of hydrogen-bond donors (Lipinski definition) is 0. The number of ketones is 1. The molecular weight excluding hydrogens is 224 g/mol. The Morgan fingerprint density at radius 3 is 3.00 bits per heavy atom. The van der Waals surface area contributed by atoms with Gasteiger partial charge in [0.15, 0.2) is 5.78 Å². The number of halogens is 1. The molecule has 60 valence electrons. The molecule has 0 unspecified atom stereocenters. The molecule has 1 rings (SSSR count). The lowest BCUT2D eigenvalue weighted by molar-refractivity contribution is 0.0994. The second-order valence-electron chi connectivity index (χ2n) is 2.22. The van der Waals surface area contributed by atoms with Gasteiger partial charge in [0.25, 0.3) is 0 Å². The molecule has 1 nitrogen and oxygen atoms in total. The normalized spacial score (nSPS) is 12.9. The fourth-order valence-corrected chi connectivity index (χ4v) is 1.88. The molecule has 0 saturated heterocycles. The van der Waals surface area contributed by atoms with E-state index in [-0.39, 0.29) is 10.6 Å². The van der Waals surface area contributed by atoms with Crippen molar-refractivity contribution < 1.29 is 4.79 Å². The zero-order valence-corrected chi connectivity index (χ0v) is 8.61. The van der Waals surface area contributed by atoms with Gasteiger partial charge in [-0.15, -0.1) is 11.3 Å². The summed E-state index contributed by atoms with van der Waals surface area (Å²) in [6.07, 6.45) is 0.844. The smallest absolute Gasteiger partial charge is 0.186 e. The molecule has 3 heteroatoms. The monoisotopic (exact) mass is 232 g/mol. The van der Waals surface area contributed by atoms with E-state index >= 15 is 0 Å². The van der Waals surface area contributed by atoms with Gasteiger partial charge in [-0.1, -0.05) is 28.9 Å². The average Bonchev–Trinajstić information content (AvgIpc) is 2.53. The van der Waals surface area contributed by atoms with Crippen LogP contribution < -0.4 is 0 Å². The van der Waals surface area contributed by atoms with Crippen molar-refractivity contribution in [3.05, 3.63) is 22.4 Å². The lowest BCUT2D eigenvalue weighted by atomic mass is 10.2. The third-order valence-electron chi connectivity index (χ3n) is 1.41. The van der Waals surface area contributed by atoms with Crippen LogP contribution in [0.1, 0.15) is 23.0 Å². The van der Waals surface area contributed by atoms with Gasteiger partial charge in [0.2, 0.25) is 0 Å². The maximum atomic E-state index is 11.4. The molecular formula is C8H9BrOS. The first-order valence-electron chi connectivity index (χ1n) is 3.47. The molecule has 0 aliphatic carbocycles. The number of thiophene rings is 1. The van der Waals surface area contributed by atoms with Crippen LogP contribution in [-0.2, 0) is 0 Å². The van der Waals surface area contributed by atoms with Gasteiger partial charge in [0.05, 0.1) is 9.70 Å². The van der Waals surface area contributed by atoms with Crippen molar-refractivity contribution in [3.8, 4) is 0 Å². The highest BCUT2D eigenvalue weighted by Gasteiger charge is 2.14. The molecule has 1 aromatic rings. The molecule has 11 heavy (non-hydrogen) atoms. The summed E-state index contributed by atoms with van der Waals surface area (Å²) in [5.74, 6) is 0.197. The Hall–Kier alpha value is -0.150. The Morgan fingerprint density at radius 2 is 2.55 bits per heavy atom. The molecule has 0 aliphatic rings. The van der Waals surface area contributed by atoms with Crippen LogP contribution in [0.4, 0.5) is 0 Å². The zero-order chi connectivity index (χ0) is 8.27. The molecule has 0 fully saturated rings. The van der Waals surface area contributed by atoms with Crippen molar-refractivity contribution in [2.24, 2.45) is 0 Å². The minimum Gasteiger partial charge on any atom is -0.292 e. The Bertz CT molecular complexity index is 230. The molecule has 0 N–H and O–H groups in total. The second kappa shape index (κ2) is 4.02. The maximum Gasteiger partial charge on any atom is 0.186 e. The topological polar surface area (TPSA) is 17.1 Å². The van der Waals surface area contributed by atoms with E-state index < -0.39 is 0 Å². The van der Waals surface area contributed by atoms with Gasteiger partial charge in [-0.3, -0.25) is 4.79 Å². The summed E-state index contributed by atoms with van der Waals surface area (Å²) in [6.45, 7) is 1.99. The summed E-state index contributed by atoms with van der Waals surface area (Å²) in [5, 5.41) is 1.92. The SMILES string of the molecule is CC[C@@H](Br)C(=O)c1cccs1. The quantitative estimate of drug-likeness (QED) is 0.579. The van der Waals surface area contributed by atoms with E-state index in [9.17, 15) is 4.79 Å². The predicted molar refractivity (Wildman–Crippen MR) is 51.7 cm³/mol. The lowest BCUT2D eigenvalue weighted by Crippen LogP contribution is -2.10. The zero-order valence-electron chi connectivity index (χ0n) is 6.21. The minimum absolute atomic E-state index is 0.0128. The van der Waals surface area contributed by atoms with Crippen molar-refractivity contribution >= 4 is 33.0 Å². The molecule has 0 spiro atoms. The van der Waals surface area contributed by atoms with Crippen molar-refractivity contribution in [2.75, 3.05) is 0 Å². The molecule has 1 heterocycles. The van der Waals surface area contributed by atoms with E-state index in [1.54, 1.807) is 0 Å². The van der Waals surface area contributed by atoms with Crippen LogP contribution in [-0.4, -0.2) is 10.6 Å². The summed E-state index contributed by atoms with van der Waals surface area (Å²) < 4.78 is 0. The summed E-state index contributed by atoms with van der Waals surface area (Å²) in [5.41, 5.74) is 0. The second-order valence-corrected chi connectivity index (χ2v) is 4.27. The standard InChI is InChI=1S/C8H9BrOS/c1-2-6(9)8(10)7-4-3-5-11-7/h3-6H,2H2,1H3/t6-/m1/s1. The van der Waals surface area contributed by atoms with Gasteiger partial charge < -0.3 is 0 Å². The Labute approximate surface area is 78.6 Å². The van der Waals surface area contributed by atoms with Crippen LogP contribution >= 0.6 is 27.3 Å². The number of carbonyl (C=O) groups excluding carboxylic acids is 1. The van der Waals surface area contributed by atoms with Crippen LogP contribution in [0.5, 0.6) is 0 Å². The summed E-state index contributed by atoms with van der Waals surface area (Å²) in [6, 6.07) is 3.75. The molecule has 1 atom stereocenters. The van der Waals surface area contributed by atoms with Crippen molar-refractivity contribution in [3.63, 3.8) is 0 Å². The van der Waals surface area contributed by atoms with E-state index in [2.05, 4.69) is 15.9 Å². The van der Waals surface area contributed by atoms with E-state index in [1.807, 2.05) is 24.4 Å². The molecule has 0 aliphatic heterocycles. The van der Waals surface area contributed by atoms with E-state index in [0.717, 1.165) is 11.3 Å². The van der Waals surface area contributed by atoms with Gasteiger partial charge in [-0.25, -0.2) is 0 Å². The van der Waals surface area contributed by atoms with Crippen LogP contribution in [0.15, 0.2) is 17.5 Å². The van der Waals surface area contributed by atoms with Crippen molar-refractivity contribution in [1.29, 1.82) is 0 Å². The third-order valence-corrected chi connectivity index (χ3v) is 3.35. The Morgan fingerprint density at radius 1 is 1.82 bits per heavy atom. The summed E-state index contributed by atoms with van der Waals surface area (Å²) in [7, 11) is 0. The molecule has 0 radical (unpaired) electrons. The van der Waals surface area contributed by atoms with Gasteiger partial charge in [-0.2, -0.15) is 0 Å². The first-order chi connectivity index (χ1) is 5.25.